The zero-order valence-electron chi connectivity index (χ0n) is 47.3. The van der Waals surface area contributed by atoms with E-state index in [4.69, 9.17) is 17.2 Å². The highest BCUT2D eigenvalue weighted by molar-refractivity contribution is 5.99. The molecule has 85 heavy (non-hydrogen) atoms. The van der Waals surface area contributed by atoms with Crippen LogP contribution < -0.4 is 49.1 Å². The number of β-amino-alcohol motifs (C(OH)–C–C–N with tert-alkyl or cyclic N) is 2. The predicted molar refractivity (Wildman–Crippen MR) is 299 cm³/mol. The van der Waals surface area contributed by atoms with Gasteiger partial charge in [0.2, 0.25) is 53.2 Å². The third-order valence-electron chi connectivity index (χ3n) is 15.1. The number of nitrogens with one attached hydrogen (secondary N) is 6. The van der Waals surface area contributed by atoms with Crippen LogP contribution in [0.2, 0.25) is 0 Å². The number of nitrogens with two attached hydrogens (primary N) is 3. The van der Waals surface area contributed by atoms with Crippen molar-refractivity contribution >= 4 is 59.1 Å². The van der Waals surface area contributed by atoms with Gasteiger partial charge in [-0.15, -0.1) is 0 Å². The van der Waals surface area contributed by atoms with E-state index in [2.05, 4.69) is 31.9 Å². The smallest absolute Gasteiger partial charge is 0.326 e. The number of aliphatic carboxylic acids is 1. The van der Waals surface area contributed by atoms with Crippen LogP contribution in [0.25, 0.3) is 0 Å². The third kappa shape index (κ3) is 19.2. The van der Waals surface area contributed by atoms with Crippen LogP contribution in [0.4, 0.5) is 0 Å². The number of carboxylic acids is 1. The van der Waals surface area contributed by atoms with Crippen molar-refractivity contribution < 1.29 is 88.8 Å². The molecule has 0 aliphatic carbocycles. The molecule has 0 aromatic heterocycles. The van der Waals surface area contributed by atoms with Crippen molar-refractivity contribution in [1.29, 1.82) is 0 Å². The molecular formula is C55H82N12O18. The Balaban J connectivity index is 1.34. The number of rotatable bonds is 31. The van der Waals surface area contributed by atoms with E-state index in [-0.39, 0.29) is 56.7 Å². The third-order valence-corrected chi connectivity index (χ3v) is 15.1. The summed E-state index contributed by atoms with van der Waals surface area (Å²) >= 11 is 0. The zero-order chi connectivity index (χ0) is 62.7. The number of carbonyl (C=O) groups excluding carboxylic acids is 9. The molecule has 3 aliphatic heterocycles. The molecule has 20 N–H and O–H groups in total. The number of carboxylic acid groups (broad SMARTS) is 1. The maximum Gasteiger partial charge on any atom is 0.326 e. The van der Waals surface area contributed by atoms with Crippen molar-refractivity contribution in [3.63, 3.8) is 0 Å². The van der Waals surface area contributed by atoms with Crippen LogP contribution >= 0.6 is 0 Å². The monoisotopic (exact) mass is 1200 g/mol. The second-order valence-corrected chi connectivity index (χ2v) is 21.6. The number of hydrogen-bond acceptors (Lipinski definition) is 20. The largest absolute Gasteiger partial charge is 0.508 e. The Morgan fingerprint density at radius 1 is 0.565 bits per heavy atom. The lowest BCUT2D eigenvalue weighted by Gasteiger charge is -2.33. The summed E-state index contributed by atoms with van der Waals surface area (Å²) in [6.45, 7) is -0.897. The molecule has 2 aromatic carbocycles. The fourth-order valence-electron chi connectivity index (χ4n) is 10.4. The molecule has 13 atom stereocenters. The lowest BCUT2D eigenvalue weighted by Crippen LogP contribution is -2.61. The summed E-state index contributed by atoms with van der Waals surface area (Å²) in [7, 11) is 0. The number of unbranched alkanes of at least 4 members (excludes halogenated alkanes) is 2. The highest BCUT2D eigenvalue weighted by Gasteiger charge is 2.49. The quantitative estimate of drug-likeness (QED) is 0.0312. The summed E-state index contributed by atoms with van der Waals surface area (Å²) < 4.78 is 0. The lowest BCUT2D eigenvalue weighted by atomic mass is 10.0. The molecule has 0 saturated carbocycles. The minimum Gasteiger partial charge on any atom is -0.508 e. The number of amides is 9. The fourth-order valence-corrected chi connectivity index (χ4v) is 10.4. The van der Waals surface area contributed by atoms with Gasteiger partial charge in [0.1, 0.15) is 71.9 Å². The van der Waals surface area contributed by atoms with Gasteiger partial charge in [-0.25, -0.2) is 4.79 Å². The Hall–Kier alpha value is -7.58. The van der Waals surface area contributed by atoms with E-state index in [9.17, 15) is 88.8 Å². The number of aliphatic hydroxyl groups is 5. The van der Waals surface area contributed by atoms with Crippen LogP contribution in [0.15, 0.2) is 48.5 Å². The van der Waals surface area contributed by atoms with E-state index in [0.29, 0.717) is 49.8 Å². The van der Waals surface area contributed by atoms with Crippen LogP contribution in [-0.2, 0) is 60.8 Å². The van der Waals surface area contributed by atoms with Gasteiger partial charge in [0, 0.05) is 45.3 Å². The van der Waals surface area contributed by atoms with Crippen LogP contribution in [0.5, 0.6) is 11.5 Å². The van der Waals surface area contributed by atoms with Crippen molar-refractivity contribution in [2.75, 3.05) is 45.9 Å². The summed E-state index contributed by atoms with van der Waals surface area (Å²) in [6.07, 6.45) is -3.44. The molecule has 3 fully saturated rings. The summed E-state index contributed by atoms with van der Waals surface area (Å²) in [4.78, 5) is 141. The van der Waals surface area contributed by atoms with Crippen molar-refractivity contribution in [3.05, 3.63) is 59.7 Å². The van der Waals surface area contributed by atoms with Gasteiger partial charge >= 0.3 is 5.97 Å². The molecule has 30 heteroatoms. The standard InChI is InChI=1S/C55H82N12O18/c1-29(70)45(51(80)61-39(21-30-10-14-32(71)15-11-30)47(76)60-38(55(84)85)8-3-5-19-57)64-50(79)43-23-34(73)25-66(43)54(83)44-24-35(74)26-67(44)53(82)40(22-31-12-16-33(72)17-13-31)62-48(77)41(28-69)63-49(78)42-9-6-20-65(42)52(81)37(7-2-4-18-56)59-46(75)36(58)27-68/h10-17,29,34-45,68-74H,2-9,18-28,56-58H2,1H3,(H,59,75)(H,60,76)(H,61,80)(H,62,77)(H,63,78)(H,64,79)(H,84,85)/t29-,34-,35-,36+,37+,38+,39+,40+,41+,42+,43+,44+,45+/m1/s1. The Morgan fingerprint density at radius 2 is 1.05 bits per heavy atom. The predicted octanol–water partition coefficient (Wildman–Crippen LogP) is -6.26. The van der Waals surface area contributed by atoms with Gasteiger partial charge < -0.3 is 105 Å². The molecule has 0 bridgehead atoms. The Bertz CT molecular complexity index is 2630. The second kappa shape index (κ2) is 32.6. The Labute approximate surface area is 490 Å². The molecule has 470 valence electrons. The highest BCUT2D eigenvalue weighted by Crippen LogP contribution is 2.28. The normalized spacial score (nSPS) is 21.3. The number of aliphatic hydroxyl groups excluding tert-OH is 5. The van der Waals surface area contributed by atoms with Crippen molar-refractivity contribution in [1.82, 2.24) is 46.6 Å². The number of hydrogen-bond donors (Lipinski definition) is 17. The SMILES string of the molecule is C[C@@H](O)[C@H](NC(=O)[C@@H]1C[C@@H](O)CN1C(=O)[C@@H]1C[C@@H](O)CN1C(=O)[C@H](Cc1ccc(O)cc1)NC(=O)[C@H](CO)NC(=O)[C@@H]1CCCN1C(=O)[C@H](CCCCN)NC(=O)[C@@H](N)CO)C(=O)N[C@@H](Cc1ccc(O)cc1)C(=O)N[C@@H](CCCCN)C(=O)O. The molecule has 30 nitrogen and oxygen atoms in total. The van der Waals surface area contributed by atoms with Crippen molar-refractivity contribution in [2.24, 2.45) is 17.2 Å². The van der Waals surface area contributed by atoms with E-state index in [1.807, 2.05) is 0 Å². The maximum absolute atomic E-state index is 14.8. The number of aromatic hydroxyl groups is 2. The van der Waals surface area contributed by atoms with Gasteiger partial charge in [-0.05, 0) is 107 Å². The van der Waals surface area contributed by atoms with Crippen molar-refractivity contribution in [2.45, 2.75) is 163 Å². The van der Waals surface area contributed by atoms with Crippen molar-refractivity contribution in [3.8, 4) is 11.5 Å². The van der Waals surface area contributed by atoms with Crippen LogP contribution in [0.1, 0.15) is 82.3 Å². The number of phenolic OH excluding ortho intramolecular Hbond substituents is 2. The van der Waals surface area contributed by atoms with E-state index in [1.54, 1.807) is 0 Å². The molecular weight excluding hydrogens is 1120 g/mol. The fraction of sp³-hybridized carbons (Fsp3) is 0.600. The molecule has 2 aromatic rings. The summed E-state index contributed by atoms with van der Waals surface area (Å²) in [5, 5.41) is 97.3. The number of likely N-dealkylation sites (tertiary alicyclic amines) is 3. The van der Waals surface area contributed by atoms with Gasteiger partial charge in [-0.3, -0.25) is 43.2 Å². The van der Waals surface area contributed by atoms with E-state index < -0.39 is 177 Å². The first-order chi connectivity index (χ1) is 40.4. The summed E-state index contributed by atoms with van der Waals surface area (Å²) in [6, 6.07) is -3.85. The molecule has 3 heterocycles. The summed E-state index contributed by atoms with van der Waals surface area (Å²) in [5.74, 6) is -10.0. The number of benzene rings is 2. The minimum absolute atomic E-state index is 0.00266. The first-order valence-corrected chi connectivity index (χ1v) is 28.3. The van der Waals surface area contributed by atoms with Gasteiger partial charge in [0.05, 0.1) is 31.5 Å². The van der Waals surface area contributed by atoms with Gasteiger partial charge in [-0.1, -0.05) is 24.3 Å². The average Bonchev–Trinajstić information content (AvgIpc) is 3.12. The lowest BCUT2D eigenvalue weighted by molar-refractivity contribution is -0.148. The Kier molecular flexibility index (Phi) is 26.2. The maximum atomic E-state index is 14.8. The molecule has 0 radical (unpaired) electrons. The average molecular weight is 1200 g/mol. The number of phenols is 2. The number of nitrogens with zero attached hydrogens (tertiary/aromatic N) is 3. The van der Waals surface area contributed by atoms with E-state index >= 15 is 0 Å². The topological polar surface area (TPSA) is 492 Å². The minimum atomic E-state index is -1.83. The van der Waals surface area contributed by atoms with E-state index in [1.165, 1.54) is 53.4 Å². The first-order valence-electron chi connectivity index (χ1n) is 28.3. The number of carbonyl (C=O) groups is 10. The van der Waals surface area contributed by atoms with E-state index in [0.717, 1.165) is 16.7 Å². The molecule has 0 unspecified atom stereocenters. The molecule has 9 amide bonds. The Morgan fingerprint density at radius 3 is 1.59 bits per heavy atom. The van der Waals surface area contributed by atoms with Gasteiger partial charge in [0.15, 0.2) is 0 Å². The van der Waals surface area contributed by atoms with Crippen LogP contribution in [0, 0.1) is 0 Å². The highest BCUT2D eigenvalue weighted by atomic mass is 16.4. The molecule has 0 spiro atoms. The first kappa shape index (κ1) is 68.2. The van der Waals surface area contributed by atoms with Gasteiger partial charge in [0.25, 0.3) is 0 Å². The second-order valence-electron chi connectivity index (χ2n) is 21.6. The molecule has 3 saturated heterocycles. The zero-order valence-corrected chi connectivity index (χ0v) is 47.3. The van der Waals surface area contributed by atoms with Gasteiger partial charge in [-0.2, -0.15) is 0 Å². The molecule has 5 rings (SSSR count). The molecule has 3 aliphatic rings. The van der Waals surface area contributed by atoms with Crippen LogP contribution in [-0.4, -0.2) is 239 Å². The van der Waals surface area contributed by atoms with Crippen LogP contribution in [0.3, 0.4) is 0 Å². The summed E-state index contributed by atoms with van der Waals surface area (Å²) in [5.41, 5.74) is 17.7.